The van der Waals surface area contributed by atoms with E-state index in [4.69, 9.17) is 0 Å². The first-order chi connectivity index (χ1) is 8.28. The van der Waals surface area contributed by atoms with Crippen molar-refractivity contribution >= 4 is 15.9 Å². The quantitative estimate of drug-likeness (QED) is 0.788. The van der Waals surface area contributed by atoms with E-state index in [0.717, 1.165) is 11.3 Å². The van der Waals surface area contributed by atoms with Crippen LogP contribution in [-0.4, -0.2) is 9.78 Å². The molecule has 0 saturated heterocycles. The molecule has 88 valence electrons. The Morgan fingerprint density at radius 3 is 2.82 bits per heavy atom. The standard InChI is InChI=1S/C13H12BrFN2/c14-8-9-1-4-13(11(15)7-9)17-6-5-12(16-17)10-2-3-10/h1,4-7,10H,2-3,8H2. The largest absolute Gasteiger partial charge is 0.238 e. The normalized spacial score (nSPS) is 15.2. The molecular weight excluding hydrogens is 283 g/mol. The molecule has 1 saturated carbocycles. The second kappa shape index (κ2) is 4.26. The molecule has 1 aromatic heterocycles. The van der Waals surface area contributed by atoms with Gasteiger partial charge in [-0.25, -0.2) is 9.07 Å². The SMILES string of the molecule is Fc1cc(CBr)ccc1-n1ccc(C2CC2)n1. The number of hydrogen-bond acceptors (Lipinski definition) is 1. The maximum Gasteiger partial charge on any atom is 0.149 e. The lowest BCUT2D eigenvalue weighted by atomic mass is 10.2. The third-order valence-electron chi connectivity index (χ3n) is 3.02. The number of rotatable bonds is 3. The highest BCUT2D eigenvalue weighted by Gasteiger charge is 2.26. The summed E-state index contributed by atoms with van der Waals surface area (Å²) >= 11 is 3.31. The molecule has 1 aromatic carbocycles. The summed E-state index contributed by atoms with van der Waals surface area (Å²) < 4.78 is 15.5. The zero-order chi connectivity index (χ0) is 11.8. The Bertz CT molecular complexity index is 546. The van der Waals surface area contributed by atoms with Crippen molar-refractivity contribution in [2.24, 2.45) is 0 Å². The summed E-state index contributed by atoms with van der Waals surface area (Å²) in [5.41, 5.74) is 2.52. The van der Waals surface area contributed by atoms with Crippen LogP contribution in [0.2, 0.25) is 0 Å². The van der Waals surface area contributed by atoms with Crippen molar-refractivity contribution in [3.8, 4) is 5.69 Å². The van der Waals surface area contributed by atoms with Crippen LogP contribution >= 0.6 is 15.9 Å². The Kier molecular flexibility index (Phi) is 2.74. The molecule has 1 fully saturated rings. The molecule has 0 atom stereocenters. The average Bonchev–Trinajstić information content (AvgIpc) is 3.08. The minimum atomic E-state index is -0.229. The number of alkyl halides is 1. The van der Waals surface area contributed by atoms with E-state index in [1.807, 2.05) is 18.3 Å². The molecule has 1 heterocycles. The van der Waals surface area contributed by atoms with Crippen LogP contribution in [-0.2, 0) is 5.33 Å². The summed E-state index contributed by atoms with van der Waals surface area (Å²) in [5.74, 6) is 0.369. The van der Waals surface area contributed by atoms with Gasteiger partial charge >= 0.3 is 0 Å². The van der Waals surface area contributed by atoms with Crippen LogP contribution in [0, 0.1) is 5.82 Å². The zero-order valence-electron chi connectivity index (χ0n) is 9.24. The lowest BCUT2D eigenvalue weighted by molar-refractivity contribution is 0.608. The third kappa shape index (κ3) is 2.14. The van der Waals surface area contributed by atoms with Crippen molar-refractivity contribution in [2.45, 2.75) is 24.1 Å². The average molecular weight is 295 g/mol. The van der Waals surface area contributed by atoms with Crippen LogP contribution < -0.4 is 0 Å². The molecule has 0 aliphatic heterocycles. The molecule has 17 heavy (non-hydrogen) atoms. The Hall–Kier alpha value is -1.16. The fraction of sp³-hybridized carbons (Fsp3) is 0.308. The topological polar surface area (TPSA) is 17.8 Å². The second-order valence-electron chi connectivity index (χ2n) is 4.38. The molecular formula is C13H12BrFN2. The number of benzene rings is 1. The summed E-state index contributed by atoms with van der Waals surface area (Å²) in [7, 11) is 0. The van der Waals surface area contributed by atoms with Gasteiger partial charge in [-0.2, -0.15) is 5.10 Å². The predicted molar refractivity (Wildman–Crippen MR) is 68.1 cm³/mol. The summed E-state index contributed by atoms with van der Waals surface area (Å²) in [4.78, 5) is 0. The first kappa shape index (κ1) is 11.0. The second-order valence-corrected chi connectivity index (χ2v) is 4.94. The molecule has 0 N–H and O–H groups in total. The molecule has 0 unspecified atom stereocenters. The molecule has 1 aliphatic carbocycles. The summed E-state index contributed by atoms with van der Waals surface area (Å²) in [5, 5.41) is 5.09. The van der Waals surface area contributed by atoms with Crippen LogP contribution in [0.5, 0.6) is 0 Å². The minimum absolute atomic E-state index is 0.229. The number of halogens is 2. The van der Waals surface area contributed by atoms with Crippen molar-refractivity contribution in [3.63, 3.8) is 0 Å². The Labute approximate surface area is 108 Å². The molecule has 0 spiro atoms. The van der Waals surface area contributed by atoms with Crippen LogP contribution in [0.1, 0.15) is 30.0 Å². The zero-order valence-corrected chi connectivity index (χ0v) is 10.8. The molecule has 0 bridgehead atoms. The van der Waals surface area contributed by atoms with Crippen molar-refractivity contribution in [1.29, 1.82) is 0 Å². The molecule has 0 radical (unpaired) electrons. The van der Waals surface area contributed by atoms with Gasteiger partial charge in [0.15, 0.2) is 0 Å². The van der Waals surface area contributed by atoms with Gasteiger partial charge in [0, 0.05) is 17.4 Å². The van der Waals surface area contributed by atoms with E-state index in [1.54, 1.807) is 16.8 Å². The Balaban J connectivity index is 1.96. The Morgan fingerprint density at radius 2 is 2.18 bits per heavy atom. The Morgan fingerprint density at radius 1 is 1.35 bits per heavy atom. The summed E-state index contributed by atoms with van der Waals surface area (Å²) in [6.45, 7) is 0. The highest BCUT2D eigenvalue weighted by atomic mass is 79.9. The van der Waals surface area contributed by atoms with Gasteiger partial charge in [-0.05, 0) is 36.6 Å². The maximum atomic E-state index is 13.9. The van der Waals surface area contributed by atoms with Crippen molar-refractivity contribution < 1.29 is 4.39 Å². The highest BCUT2D eigenvalue weighted by Crippen LogP contribution is 2.39. The fourth-order valence-corrected chi connectivity index (χ4v) is 2.24. The highest BCUT2D eigenvalue weighted by molar-refractivity contribution is 9.08. The van der Waals surface area contributed by atoms with Gasteiger partial charge in [0.05, 0.1) is 5.69 Å². The lowest BCUT2D eigenvalue weighted by Crippen LogP contribution is -1.99. The van der Waals surface area contributed by atoms with Gasteiger partial charge in [0.1, 0.15) is 11.5 Å². The number of hydrogen-bond donors (Lipinski definition) is 0. The summed E-state index contributed by atoms with van der Waals surface area (Å²) in [6.07, 6.45) is 4.25. The van der Waals surface area contributed by atoms with Crippen LogP contribution in [0.3, 0.4) is 0 Å². The fourth-order valence-electron chi connectivity index (χ4n) is 1.89. The van der Waals surface area contributed by atoms with Crippen LogP contribution in [0.4, 0.5) is 4.39 Å². The van der Waals surface area contributed by atoms with Crippen molar-refractivity contribution in [1.82, 2.24) is 9.78 Å². The van der Waals surface area contributed by atoms with E-state index in [9.17, 15) is 4.39 Å². The first-order valence-corrected chi connectivity index (χ1v) is 6.80. The van der Waals surface area contributed by atoms with Crippen LogP contribution in [0.15, 0.2) is 30.5 Å². The van der Waals surface area contributed by atoms with Gasteiger partial charge in [-0.3, -0.25) is 0 Å². The first-order valence-electron chi connectivity index (χ1n) is 5.68. The van der Waals surface area contributed by atoms with Crippen molar-refractivity contribution in [3.05, 3.63) is 47.5 Å². The third-order valence-corrected chi connectivity index (χ3v) is 3.67. The van der Waals surface area contributed by atoms with E-state index in [-0.39, 0.29) is 5.82 Å². The monoisotopic (exact) mass is 294 g/mol. The van der Waals surface area contributed by atoms with E-state index < -0.39 is 0 Å². The number of nitrogens with zero attached hydrogens (tertiary/aromatic N) is 2. The van der Waals surface area contributed by atoms with E-state index >= 15 is 0 Å². The van der Waals surface area contributed by atoms with Gasteiger partial charge in [-0.15, -0.1) is 0 Å². The smallest absolute Gasteiger partial charge is 0.149 e. The lowest BCUT2D eigenvalue weighted by Gasteiger charge is -2.04. The van der Waals surface area contributed by atoms with Gasteiger partial charge in [0.25, 0.3) is 0 Å². The minimum Gasteiger partial charge on any atom is -0.238 e. The molecule has 2 nitrogen and oxygen atoms in total. The summed E-state index contributed by atoms with van der Waals surface area (Å²) in [6, 6.07) is 7.21. The maximum absolute atomic E-state index is 13.9. The van der Waals surface area contributed by atoms with Gasteiger partial charge in [0.2, 0.25) is 0 Å². The van der Waals surface area contributed by atoms with Crippen LogP contribution in [0.25, 0.3) is 5.69 Å². The molecule has 0 amide bonds. The van der Waals surface area contributed by atoms with E-state index in [2.05, 4.69) is 21.0 Å². The molecule has 4 heteroatoms. The molecule has 2 aromatic rings. The number of aromatic nitrogens is 2. The van der Waals surface area contributed by atoms with Gasteiger partial charge < -0.3 is 0 Å². The van der Waals surface area contributed by atoms with Crippen molar-refractivity contribution in [2.75, 3.05) is 0 Å². The molecule has 3 rings (SSSR count). The van der Waals surface area contributed by atoms with Gasteiger partial charge in [-0.1, -0.05) is 22.0 Å². The molecule has 1 aliphatic rings. The van der Waals surface area contributed by atoms with E-state index in [0.29, 0.717) is 16.9 Å². The predicted octanol–water partition coefficient (Wildman–Crippen LogP) is 3.78. The van der Waals surface area contributed by atoms with E-state index in [1.165, 1.54) is 12.8 Å².